The molecule has 2 saturated carbocycles. The Kier molecular flexibility index (Phi) is 11.9. The zero-order valence-electron chi connectivity index (χ0n) is 26.4. The van der Waals surface area contributed by atoms with Crippen LogP contribution in [-0.4, -0.2) is 111 Å². The van der Waals surface area contributed by atoms with E-state index in [0.29, 0.717) is 0 Å². The zero-order chi connectivity index (χ0) is 31.7. The molecule has 6 N–H and O–H groups in total. The molecule has 3 aliphatic carbocycles. The Labute approximate surface area is 323 Å². The van der Waals surface area contributed by atoms with Crippen molar-refractivity contribution in [1.29, 1.82) is 1.43 Å². The van der Waals surface area contributed by atoms with Crippen LogP contribution in [0.15, 0.2) is 11.1 Å². The maximum absolute atomic E-state index is 14.2. The summed E-state index contributed by atoms with van der Waals surface area (Å²) in [7, 11) is 0. The van der Waals surface area contributed by atoms with Crippen molar-refractivity contribution >= 4 is 23.6 Å². The molecule has 2 radical (unpaired) electrons. The first-order valence-electron chi connectivity index (χ1n) is 14.1. The first kappa shape index (κ1) is 37.9. The standard InChI is InChI=1S/C28H41NO12.2Ac/c1-11-15(41-24(36)19(33)12(2)29-13(3)30)9-28(38)23(40-14(4)31)21-26(7,16(32)8-17-27(21,37)10-39-17)22(35)20(34)18(11)25(28,5)6;;/h12,15-17,19-21,23,32-34,37-38H,8-10H2,1-7H3,(H,29,30);;/t12?,15?,16?,17?,19-,20-,21+,23+,26-,27+,28-;;/m1../s1/i33T;;. The second-order valence-electron chi connectivity index (χ2n) is 12.8. The summed E-state index contributed by atoms with van der Waals surface area (Å²) in [6.45, 7) is 9.47. The number of aliphatic hydroxyl groups is 5. The van der Waals surface area contributed by atoms with E-state index >= 15 is 0 Å². The van der Waals surface area contributed by atoms with Crippen molar-refractivity contribution in [1.82, 2.24) is 5.32 Å². The van der Waals surface area contributed by atoms with Crippen LogP contribution in [0.4, 0.5) is 0 Å². The van der Waals surface area contributed by atoms with Gasteiger partial charge in [0.25, 0.3) is 0 Å². The average molecular weight is 1040 g/mol. The quantitative estimate of drug-likeness (QED) is 0.135. The summed E-state index contributed by atoms with van der Waals surface area (Å²) < 4.78 is 24.4. The second kappa shape index (κ2) is 13.5. The Balaban J connectivity index is 0.00000337. The molecule has 15 heteroatoms. The van der Waals surface area contributed by atoms with Gasteiger partial charge < -0.3 is 45.1 Å². The molecule has 0 aromatic heterocycles. The number of ketones is 1. The molecule has 3 fully saturated rings. The monoisotopic (exact) mass is 1040 g/mol. The van der Waals surface area contributed by atoms with E-state index in [2.05, 4.69) is 10.4 Å². The number of Topliss-reactive ketones (excluding diaryl/α,β-unsaturated/α-hetero) is 1. The minimum Gasteiger partial charge on any atom is -0.459 e. The molecule has 11 atom stereocenters. The SMILES string of the molecule is [3H]O[C@@H](C(=O)OC1C[C@@]2(O)[C@@H](OC(C)=O)[C@@H]3[C@]4(O)COC4CC(O)[C@@]3(C)C(=O)[C@H](O)C(=C1C)C2(C)C)C(C)NC(C)=O.[Ac].[Ac]. The van der Waals surface area contributed by atoms with Gasteiger partial charge in [0.1, 0.15) is 29.5 Å². The molecule has 4 rings (SSSR count). The van der Waals surface area contributed by atoms with E-state index < -0.39 is 101 Å². The van der Waals surface area contributed by atoms with Gasteiger partial charge in [0.15, 0.2) is 11.9 Å². The number of hydrogen-bond acceptors (Lipinski definition) is 12. The van der Waals surface area contributed by atoms with Gasteiger partial charge in [0.05, 0.1) is 30.3 Å². The summed E-state index contributed by atoms with van der Waals surface area (Å²) in [5, 5.41) is 54.5. The van der Waals surface area contributed by atoms with Crippen molar-refractivity contribution < 1.29 is 147 Å². The van der Waals surface area contributed by atoms with E-state index in [4.69, 9.17) is 15.6 Å². The average Bonchev–Trinajstić information content (AvgIpc) is 2.86. The van der Waals surface area contributed by atoms with Gasteiger partial charge >= 0.3 is 11.9 Å². The molecule has 236 valence electrons. The van der Waals surface area contributed by atoms with Crippen LogP contribution in [0.5, 0.6) is 0 Å². The van der Waals surface area contributed by atoms with Crippen LogP contribution >= 0.6 is 0 Å². The van der Waals surface area contributed by atoms with Crippen LogP contribution in [0, 0.1) is 105 Å². The van der Waals surface area contributed by atoms with Gasteiger partial charge in [-0.15, -0.1) is 0 Å². The van der Waals surface area contributed by atoms with Gasteiger partial charge in [0, 0.05) is 126 Å². The molecule has 1 heterocycles. The van der Waals surface area contributed by atoms with Gasteiger partial charge in [-0.1, -0.05) is 13.8 Å². The van der Waals surface area contributed by atoms with E-state index in [-0.39, 0.29) is 112 Å². The van der Waals surface area contributed by atoms with Gasteiger partial charge in [-0.3, -0.25) is 14.4 Å². The molecule has 0 aromatic carbocycles. The number of carbonyl (C=O) groups excluding carboxylic acids is 4. The van der Waals surface area contributed by atoms with E-state index in [1.54, 1.807) is 13.8 Å². The number of ether oxygens (including phenoxy) is 3. The number of hydrogen-bond donors (Lipinski definition) is 6. The van der Waals surface area contributed by atoms with Crippen molar-refractivity contribution in [3.63, 3.8) is 0 Å². The largest absolute Gasteiger partial charge is 0.459 e. The van der Waals surface area contributed by atoms with Crippen molar-refractivity contribution in [2.45, 2.75) is 115 Å². The van der Waals surface area contributed by atoms with Crippen LogP contribution in [0.1, 0.15) is 61.3 Å². The van der Waals surface area contributed by atoms with E-state index in [1.807, 2.05) is 0 Å². The van der Waals surface area contributed by atoms with E-state index in [9.17, 15) is 39.6 Å². The van der Waals surface area contributed by atoms with Gasteiger partial charge in [-0.05, 0) is 31.9 Å². The summed E-state index contributed by atoms with van der Waals surface area (Å²) in [6, 6.07) is -0.968. The van der Waals surface area contributed by atoms with Crippen LogP contribution in [0.2, 0.25) is 0 Å². The summed E-state index contributed by atoms with van der Waals surface area (Å²) in [5.74, 6) is -4.68. The van der Waals surface area contributed by atoms with Gasteiger partial charge in [0.2, 0.25) is 7.34 Å². The molecule has 43 heavy (non-hydrogen) atoms. The summed E-state index contributed by atoms with van der Waals surface area (Å²) in [4.78, 5) is 51.5. The molecule has 4 unspecified atom stereocenters. The predicted molar refractivity (Wildman–Crippen MR) is 139 cm³/mol. The topological polar surface area (TPSA) is 209 Å². The zero-order valence-corrected chi connectivity index (χ0v) is 34.9. The molecule has 0 spiro atoms. The normalized spacial score (nSPS) is 41.1. The fraction of sp³-hybridized carbons (Fsp3) is 0.786. The number of aliphatic hydroxyl groups excluding tert-OH is 3. The van der Waals surface area contributed by atoms with Crippen molar-refractivity contribution in [2.75, 3.05) is 6.61 Å². The third kappa shape index (κ3) is 6.13. The van der Waals surface area contributed by atoms with Gasteiger partial charge in [-0.2, -0.15) is 0 Å². The van der Waals surface area contributed by atoms with Gasteiger partial charge in [-0.25, -0.2) is 4.79 Å². The summed E-state index contributed by atoms with van der Waals surface area (Å²) >= 11 is 0. The number of esters is 2. The third-order valence-corrected chi connectivity index (χ3v) is 10.0. The molecule has 1 aliphatic heterocycles. The third-order valence-electron chi connectivity index (χ3n) is 10.0. The molecule has 13 nitrogen and oxygen atoms in total. The number of carbonyl (C=O) groups is 4. The van der Waals surface area contributed by atoms with Crippen LogP contribution in [-0.2, 0) is 33.4 Å². The van der Waals surface area contributed by atoms with E-state index in [1.165, 1.54) is 27.7 Å². The minimum absolute atomic E-state index is 0. The first-order valence-corrected chi connectivity index (χ1v) is 13.7. The predicted octanol–water partition coefficient (Wildman–Crippen LogP) is -1.35. The minimum atomic E-state index is -2.18. The number of fused-ring (bicyclic) bond motifs is 5. The van der Waals surface area contributed by atoms with E-state index in [0.717, 1.165) is 6.92 Å². The van der Waals surface area contributed by atoms with Crippen LogP contribution in [0.25, 0.3) is 0 Å². The van der Waals surface area contributed by atoms with Crippen LogP contribution < -0.4 is 5.32 Å². The molecule has 2 bridgehead atoms. The number of amides is 1. The smallest absolute Gasteiger partial charge is 0.337 e. The number of rotatable bonds is 6. The molecule has 1 amide bonds. The van der Waals surface area contributed by atoms with Crippen LogP contribution in [0.3, 0.4) is 0 Å². The van der Waals surface area contributed by atoms with Crippen molar-refractivity contribution in [2.24, 2.45) is 16.7 Å². The molecular formula is C28H41Ac2NO12. The fourth-order valence-corrected chi connectivity index (χ4v) is 7.61. The molecule has 0 aromatic rings. The summed E-state index contributed by atoms with van der Waals surface area (Å²) in [6.07, 6.45) is -9.33. The van der Waals surface area contributed by atoms with Crippen molar-refractivity contribution in [3.05, 3.63) is 11.1 Å². The fourth-order valence-electron chi connectivity index (χ4n) is 7.61. The Hall–Kier alpha value is 0.463. The second-order valence-corrected chi connectivity index (χ2v) is 12.8. The Morgan fingerprint density at radius 1 is 1.12 bits per heavy atom. The number of nitrogens with one attached hydrogen (secondary N) is 1. The Morgan fingerprint density at radius 3 is 2.21 bits per heavy atom. The maximum atomic E-state index is 14.2. The maximum Gasteiger partial charge on any atom is 0.337 e. The molecular weight excluding hydrogens is 996 g/mol. The molecule has 4 aliphatic rings. The Morgan fingerprint density at radius 2 is 1.72 bits per heavy atom. The summed E-state index contributed by atoms with van der Waals surface area (Å²) in [5.41, 5.74) is -7.14. The first-order chi connectivity index (χ1) is 19.3. The Bertz CT molecular complexity index is 1220. The van der Waals surface area contributed by atoms with Crippen molar-refractivity contribution in [3.8, 4) is 0 Å². The molecule has 1 saturated heterocycles.